The lowest BCUT2D eigenvalue weighted by Crippen LogP contribution is -2.03. The van der Waals surface area contributed by atoms with Crippen LogP contribution in [0.2, 0.25) is 0 Å². The summed E-state index contributed by atoms with van der Waals surface area (Å²) in [4.78, 5) is 0. The molecule has 0 aromatic heterocycles. The van der Waals surface area contributed by atoms with E-state index in [1.54, 1.807) is 0 Å². The molecular formula is C12H18S. The van der Waals surface area contributed by atoms with E-state index < -0.39 is 0 Å². The van der Waals surface area contributed by atoms with Crippen LogP contribution in [0.15, 0.2) is 30.3 Å². The molecule has 0 N–H and O–H groups in total. The number of benzene rings is 1. The van der Waals surface area contributed by atoms with Gasteiger partial charge in [0.15, 0.2) is 0 Å². The average molecular weight is 194 g/mol. The van der Waals surface area contributed by atoms with Gasteiger partial charge in [0.05, 0.1) is 0 Å². The fourth-order valence-corrected chi connectivity index (χ4v) is 1.81. The molecule has 0 fully saturated rings. The van der Waals surface area contributed by atoms with Crippen LogP contribution in [-0.2, 0) is 0 Å². The molecule has 0 heterocycles. The topological polar surface area (TPSA) is 0 Å². The van der Waals surface area contributed by atoms with Crippen LogP contribution in [0, 0.1) is 0 Å². The summed E-state index contributed by atoms with van der Waals surface area (Å²) < 4.78 is 0. The second kappa shape index (κ2) is 5.33. The second-order valence-electron chi connectivity index (χ2n) is 3.61. The molecule has 0 bridgehead atoms. The number of hydrogen-bond donors (Lipinski definition) is 1. The van der Waals surface area contributed by atoms with Crippen molar-refractivity contribution in [3.63, 3.8) is 0 Å². The molecule has 0 aliphatic heterocycles. The summed E-state index contributed by atoms with van der Waals surface area (Å²) in [5.74, 6) is 0.628. The highest BCUT2D eigenvalue weighted by atomic mass is 32.1. The van der Waals surface area contributed by atoms with Gasteiger partial charge in [-0.05, 0) is 24.3 Å². The van der Waals surface area contributed by atoms with Crippen LogP contribution in [0.5, 0.6) is 0 Å². The Bertz CT molecular complexity index is 230. The molecule has 0 saturated carbocycles. The Kier molecular flexibility index (Phi) is 4.37. The molecule has 0 spiro atoms. The normalized spacial score (nSPS) is 15.3. The van der Waals surface area contributed by atoms with Crippen molar-refractivity contribution in [1.29, 1.82) is 0 Å². The van der Waals surface area contributed by atoms with E-state index in [0.717, 1.165) is 6.42 Å². The standard InChI is InChI=1S/C12H18S/c1-3-12(13)9-10(2)11-7-5-4-6-8-11/h4-8,10,12-13H,3,9H2,1-2H3. The van der Waals surface area contributed by atoms with Crippen LogP contribution < -0.4 is 0 Å². The van der Waals surface area contributed by atoms with Gasteiger partial charge in [-0.1, -0.05) is 44.2 Å². The van der Waals surface area contributed by atoms with Crippen molar-refractivity contribution in [3.8, 4) is 0 Å². The summed E-state index contributed by atoms with van der Waals surface area (Å²) in [7, 11) is 0. The third-order valence-electron chi connectivity index (χ3n) is 2.47. The minimum absolute atomic E-state index is 0.537. The van der Waals surface area contributed by atoms with Gasteiger partial charge in [-0.25, -0.2) is 0 Å². The summed E-state index contributed by atoms with van der Waals surface area (Å²) in [5, 5.41) is 0.537. The minimum Gasteiger partial charge on any atom is -0.176 e. The Morgan fingerprint density at radius 1 is 1.23 bits per heavy atom. The third-order valence-corrected chi connectivity index (χ3v) is 3.04. The SMILES string of the molecule is CCC(S)CC(C)c1ccccc1. The van der Waals surface area contributed by atoms with Gasteiger partial charge < -0.3 is 0 Å². The van der Waals surface area contributed by atoms with Crippen molar-refractivity contribution in [1.82, 2.24) is 0 Å². The Hall–Kier alpha value is -0.430. The highest BCUT2D eigenvalue weighted by Gasteiger charge is 2.08. The van der Waals surface area contributed by atoms with Crippen LogP contribution in [0.1, 0.15) is 38.2 Å². The third kappa shape index (κ3) is 3.43. The van der Waals surface area contributed by atoms with Crippen molar-refractivity contribution < 1.29 is 0 Å². The van der Waals surface area contributed by atoms with Gasteiger partial charge in [0.25, 0.3) is 0 Å². The van der Waals surface area contributed by atoms with Gasteiger partial charge in [0, 0.05) is 5.25 Å². The van der Waals surface area contributed by atoms with E-state index in [0.29, 0.717) is 11.2 Å². The molecule has 2 atom stereocenters. The lowest BCUT2D eigenvalue weighted by atomic mass is 9.95. The molecule has 13 heavy (non-hydrogen) atoms. The van der Waals surface area contributed by atoms with Gasteiger partial charge in [-0.2, -0.15) is 12.6 Å². The maximum absolute atomic E-state index is 4.52. The fraction of sp³-hybridized carbons (Fsp3) is 0.500. The highest BCUT2D eigenvalue weighted by molar-refractivity contribution is 7.80. The first-order chi connectivity index (χ1) is 6.24. The zero-order valence-electron chi connectivity index (χ0n) is 8.40. The van der Waals surface area contributed by atoms with Crippen molar-refractivity contribution >= 4 is 12.6 Å². The maximum atomic E-state index is 4.52. The highest BCUT2D eigenvalue weighted by Crippen LogP contribution is 2.23. The number of thiol groups is 1. The van der Waals surface area contributed by atoms with E-state index in [4.69, 9.17) is 0 Å². The van der Waals surface area contributed by atoms with Gasteiger partial charge in [-0.15, -0.1) is 0 Å². The Balaban J connectivity index is 2.53. The molecule has 0 radical (unpaired) electrons. The minimum atomic E-state index is 0.537. The quantitative estimate of drug-likeness (QED) is 0.691. The molecule has 1 aromatic rings. The summed E-state index contributed by atoms with van der Waals surface area (Å²) in [6.07, 6.45) is 2.32. The largest absolute Gasteiger partial charge is 0.176 e. The Labute approximate surface area is 86.8 Å². The molecule has 1 aromatic carbocycles. The molecule has 1 rings (SSSR count). The summed E-state index contributed by atoms with van der Waals surface area (Å²) in [6, 6.07) is 10.7. The molecule has 1 heteroatoms. The van der Waals surface area contributed by atoms with Crippen molar-refractivity contribution in [2.24, 2.45) is 0 Å². The summed E-state index contributed by atoms with van der Waals surface area (Å²) >= 11 is 4.52. The van der Waals surface area contributed by atoms with Gasteiger partial charge >= 0.3 is 0 Å². The van der Waals surface area contributed by atoms with Crippen LogP contribution in [0.25, 0.3) is 0 Å². The smallest absolute Gasteiger partial charge is 0.00199 e. The molecule has 0 nitrogen and oxygen atoms in total. The predicted octanol–water partition coefficient (Wildman–Crippen LogP) is 3.89. The molecule has 72 valence electrons. The molecule has 0 amide bonds. The Morgan fingerprint density at radius 3 is 2.38 bits per heavy atom. The Morgan fingerprint density at radius 2 is 1.85 bits per heavy atom. The maximum Gasteiger partial charge on any atom is 0.00199 e. The van der Waals surface area contributed by atoms with E-state index >= 15 is 0 Å². The monoisotopic (exact) mass is 194 g/mol. The van der Waals surface area contributed by atoms with Crippen LogP contribution in [0.4, 0.5) is 0 Å². The molecule has 2 unspecified atom stereocenters. The van der Waals surface area contributed by atoms with E-state index in [-0.39, 0.29) is 0 Å². The molecule has 0 aliphatic carbocycles. The van der Waals surface area contributed by atoms with Crippen molar-refractivity contribution in [3.05, 3.63) is 35.9 Å². The van der Waals surface area contributed by atoms with Crippen molar-refractivity contribution in [2.75, 3.05) is 0 Å². The van der Waals surface area contributed by atoms with Crippen molar-refractivity contribution in [2.45, 2.75) is 37.9 Å². The van der Waals surface area contributed by atoms with Gasteiger partial charge in [-0.3, -0.25) is 0 Å². The summed E-state index contributed by atoms with van der Waals surface area (Å²) in [6.45, 7) is 4.46. The predicted molar refractivity (Wildman–Crippen MR) is 62.5 cm³/mol. The van der Waals surface area contributed by atoms with E-state index in [1.807, 2.05) is 0 Å². The zero-order chi connectivity index (χ0) is 9.68. The fourth-order valence-electron chi connectivity index (χ4n) is 1.49. The van der Waals surface area contributed by atoms with Gasteiger partial charge in [0.1, 0.15) is 0 Å². The number of hydrogen-bond acceptors (Lipinski definition) is 1. The first-order valence-electron chi connectivity index (χ1n) is 4.97. The lowest BCUT2D eigenvalue weighted by Gasteiger charge is -2.15. The van der Waals surface area contributed by atoms with E-state index in [1.165, 1.54) is 12.0 Å². The van der Waals surface area contributed by atoms with E-state index in [9.17, 15) is 0 Å². The second-order valence-corrected chi connectivity index (χ2v) is 4.34. The first-order valence-corrected chi connectivity index (χ1v) is 5.48. The summed E-state index contributed by atoms with van der Waals surface area (Å²) in [5.41, 5.74) is 1.43. The lowest BCUT2D eigenvalue weighted by molar-refractivity contribution is 0.640. The average Bonchev–Trinajstić information content (AvgIpc) is 2.19. The zero-order valence-corrected chi connectivity index (χ0v) is 9.30. The van der Waals surface area contributed by atoms with Crippen LogP contribution >= 0.6 is 12.6 Å². The van der Waals surface area contributed by atoms with Gasteiger partial charge in [0.2, 0.25) is 0 Å². The molecular weight excluding hydrogens is 176 g/mol. The molecule has 0 saturated heterocycles. The molecule has 0 aliphatic rings. The first kappa shape index (κ1) is 10.6. The number of rotatable bonds is 4. The van der Waals surface area contributed by atoms with E-state index in [2.05, 4.69) is 56.8 Å². The van der Waals surface area contributed by atoms with Crippen LogP contribution in [-0.4, -0.2) is 5.25 Å². The van der Waals surface area contributed by atoms with Crippen LogP contribution in [0.3, 0.4) is 0 Å².